The van der Waals surface area contributed by atoms with Gasteiger partial charge in [-0.05, 0) is 24.7 Å². The molecule has 1 aromatic heterocycles. The molecular formula is C46H35BGeN3Pt+. The van der Waals surface area contributed by atoms with E-state index in [-0.39, 0.29) is 27.8 Å². The summed E-state index contributed by atoms with van der Waals surface area (Å²) < 4.78 is 7.20. The summed E-state index contributed by atoms with van der Waals surface area (Å²) in [5, 5.41) is 0. The first-order valence-electron chi connectivity index (χ1n) is 17.5. The van der Waals surface area contributed by atoms with Crippen LogP contribution in [0.4, 0.5) is 17.1 Å². The third kappa shape index (κ3) is 5.70. The number of para-hydroxylation sites is 6. The first-order chi connectivity index (χ1) is 25.0. The Morgan fingerprint density at radius 2 is 1.27 bits per heavy atom. The number of fused-ring (bicyclic) bond motifs is 5. The van der Waals surface area contributed by atoms with E-state index in [0.717, 1.165) is 22.4 Å². The predicted molar refractivity (Wildman–Crippen MR) is 214 cm³/mol. The maximum Gasteiger partial charge on any atom is 4.00 e. The Hall–Kier alpha value is -4.89. The number of benzene rings is 7. The van der Waals surface area contributed by atoms with Gasteiger partial charge < -0.3 is 4.57 Å². The molecule has 0 N–H and O–H groups in total. The van der Waals surface area contributed by atoms with Crippen molar-refractivity contribution in [1.82, 2.24) is 4.57 Å². The maximum atomic E-state index is 3.60. The molecule has 2 aliphatic heterocycles. The summed E-state index contributed by atoms with van der Waals surface area (Å²) in [6.45, 7) is 2.33. The number of aromatic nitrogens is 2. The minimum atomic E-state index is -2.44. The average molecular weight is 908 g/mol. The molecule has 0 spiro atoms. The van der Waals surface area contributed by atoms with Crippen molar-refractivity contribution in [2.75, 3.05) is 4.90 Å². The summed E-state index contributed by atoms with van der Waals surface area (Å²) in [4.78, 5) is 2.44. The molecule has 3 heterocycles. The molecule has 0 atom stereocenters. The van der Waals surface area contributed by atoms with Crippen molar-refractivity contribution in [1.29, 1.82) is 0 Å². The van der Waals surface area contributed by atoms with Crippen molar-refractivity contribution in [3.05, 3.63) is 188 Å². The molecule has 2 aliphatic rings. The first-order valence-corrected chi connectivity index (χ1v) is 23.8. The van der Waals surface area contributed by atoms with E-state index in [0.29, 0.717) is 0 Å². The van der Waals surface area contributed by atoms with Crippen LogP contribution in [0.3, 0.4) is 0 Å². The SMILES string of the molecule is Cc1ccc(-[n+]2[c-]n(-c3[c-]cccc3)c3ccccc32)cc1.[CH3][Ge]1([CH3])[c]2ccc[c-]c2N2c3[c-]cccc3B(c3ccccc3)c3ccc[c]1c32.[Pt+4]. The molecule has 10 rings (SSSR count). The number of hydrogen-bond acceptors (Lipinski definition) is 1. The summed E-state index contributed by atoms with van der Waals surface area (Å²) in [6, 6.07) is 66.1. The molecule has 0 saturated carbocycles. The molecule has 0 amide bonds. The van der Waals surface area contributed by atoms with Gasteiger partial charge in [-0.25, -0.2) is 0 Å². The number of rotatable bonds is 3. The van der Waals surface area contributed by atoms with Gasteiger partial charge in [0, 0.05) is 0 Å². The van der Waals surface area contributed by atoms with E-state index in [9.17, 15) is 0 Å². The predicted octanol–water partition coefficient (Wildman–Crippen LogP) is 6.54. The van der Waals surface area contributed by atoms with Crippen molar-refractivity contribution >= 4 is 73.3 Å². The number of imidazole rings is 1. The normalized spacial score (nSPS) is 13.2. The zero-order chi connectivity index (χ0) is 34.5. The van der Waals surface area contributed by atoms with Crippen molar-refractivity contribution in [3.63, 3.8) is 0 Å². The molecule has 0 saturated heterocycles. The second-order valence-corrected chi connectivity index (χ2v) is 22.9. The van der Waals surface area contributed by atoms with Gasteiger partial charge in [0.25, 0.3) is 6.33 Å². The summed E-state index contributed by atoms with van der Waals surface area (Å²) >= 11 is -2.44. The van der Waals surface area contributed by atoms with Crippen molar-refractivity contribution in [2.45, 2.75) is 18.4 Å². The van der Waals surface area contributed by atoms with Crippen LogP contribution < -0.4 is 34.6 Å². The Labute approximate surface area is 323 Å². The zero-order valence-electron chi connectivity index (χ0n) is 29.2. The van der Waals surface area contributed by atoms with E-state index in [1.54, 1.807) is 4.40 Å². The van der Waals surface area contributed by atoms with Crippen LogP contribution in [0.15, 0.2) is 158 Å². The van der Waals surface area contributed by atoms with Crippen LogP contribution in [-0.2, 0) is 21.1 Å². The second kappa shape index (κ2) is 13.9. The Morgan fingerprint density at radius 3 is 2.06 bits per heavy atom. The van der Waals surface area contributed by atoms with Crippen LogP contribution in [-0.4, -0.2) is 24.5 Å². The van der Waals surface area contributed by atoms with Crippen LogP contribution in [0, 0.1) is 31.5 Å². The fourth-order valence-electron chi connectivity index (χ4n) is 7.83. The minimum Gasteiger partial charge on any atom is 4.00 e. The molecule has 8 aromatic rings. The van der Waals surface area contributed by atoms with Crippen molar-refractivity contribution < 1.29 is 25.6 Å². The van der Waals surface area contributed by atoms with Gasteiger partial charge in [-0.2, -0.15) is 30.3 Å². The second-order valence-electron chi connectivity index (χ2n) is 13.8. The molecule has 0 unspecified atom stereocenters. The molecular weight excluding hydrogens is 873 g/mol. The van der Waals surface area contributed by atoms with Gasteiger partial charge in [-0.15, -0.1) is 0 Å². The third-order valence-corrected chi connectivity index (χ3v) is 17.7. The largest absolute Gasteiger partial charge is 4.00 e. The number of nitrogens with zero attached hydrogens (tertiary/aromatic N) is 3. The Bertz CT molecular complexity index is 2530. The van der Waals surface area contributed by atoms with Gasteiger partial charge in [0.05, 0.1) is 16.7 Å². The Morgan fingerprint density at radius 1 is 0.596 bits per heavy atom. The fourth-order valence-corrected chi connectivity index (χ4v) is 14.0. The van der Waals surface area contributed by atoms with Crippen LogP contribution in [0.2, 0.25) is 11.5 Å². The summed E-state index contributed by atoms with van der Waals surface area (Å²) in [5.41, 5.74) is 13.4. The quantitative estimate of drug-likeness (QED) is 0.112. The van der Waals surface area contributed by atoms with Gasteiger partial charge in [-0.1, -0.05) is 42.0 Å². The molecule has 0 fully saturated rings. The van der Waals surface area contributed by atoms with Gasteiger partial charge in [0.2, 0.25) is 0 Å². The van der Waals surface area contributed by atoms with Crippen molar-refractivity contribution in [3.8, 4) is 11.4 Å². The van der Waals surface area contributed by atoms with Crippen LogP contribution in [0.25, 0.3) is 22.4 Å². The van der Waals surface area contributed by atoms with E-state index < -0.39 is 13.3 Å². The fraction of sp³-hybridized carbons (Fsp3) is 0.0652. The van der Waals surface area contributed by atoms with Crippen molar-refractivity contribution in [2.24, 2.45) is 0 Å². The van der Waals surface area contributed by atoms with Gasteiger partial charge in [0.1, 0.15) is 0 Å². The van der Waals surface area contributed by atoms with Gasteiger partial charge >= 0.3 is 197 Å². The average Bonchev–Trinajstić information content (AvgIpc) is 3.57. The molecule has 6 heteroatoms. The summed E-state index contributed by atoms with van der Waals surface area (Å²) in [6.07, 6.45) is 3.44. The Kier molecular flexibility index (Phi) is 9.15. The van der Waals surface area contributed by atoms with E-state index in [2.05, 4.69) is 184 Å². The topological polar surface area (TPSA) is 12.0 Å². The Balaban J connectivity index is 0.000000152. The summed E-state index contributed by atoms with van der Waals surface area (Å²) in [7, 11) is 0. The van der Waals surface area contributed by atoms with Crippen LogP contribution in [0.1, 0.15) is 5.56 Å². The van der Waals surface area contributed by atoms with Crippen LogP contribution in [0.5, 0.6) is 0 Å². The minimum absolute atomic E-state index is 0. The van der Waals surface area contributed by atoms with E-state index in [4.69, 9.17) is 0 Å². The smallest absolute Gasteiger partial charge is 4.00 e. The molecule has 250 valence electrons. The van der Waals surface area contributed by atoms with E-state index in [1.807, 2.05) is 30.3 Å². The standard InChI is InChI=1S/C26H20BGeN.C20H15N2.Pt/c1-28(2)22-15-7-9-18-25(22)29-24-17-8-6-13-20(24)27(19-11-4-3-5-12-19)21-14-10-16-23(28)26(21)29;1-16-11-13-18(14-12-16)22-15-21(17-7-3-2-4-8-17)19-9-5-6-10-20(19)22;/h3-16H,1-2H3;2-7,9-14H,1H3;/q-2;-1;+4. The van der Waals surface area contributed by atoms with E-state index in [1.165, 1.54) is 43.4 Å². The monoisotopic (exact) mass is 909 g/mol. The number of hydrogen-bond donors (Lipinski definition) is 0. The van der Waals surface area contributed by atoms with Gasteiger partial charge in [0.15, 0.2) is 0 Å². The summed E-state index contributed by atoms with van der Waals surface area (Å²) in [5.74, 6) is 5.03. The van der Waals surface area contributed by atoms with Crippen LogP contribution >= 0.6 is 0 Å². The molecule has 0 bridgehead atoms. The molecule has 3 nitrogen and oxygen atoms in total. The molecule has 0 radical (unpaired) electrons. The maximum absolute atomic E-state index is 3.60. The zero-order valence-corrected chi connectivity index (χ0v) is 33.6. The molecule has 0 aliphatic carbocycles. The third-order valence-electron chi connectivity index (χ3n) is 10.3. The van der Waals surface area contributed by atoms with Gasteiger partial charge in [-0.3, -0.25) is 4.57 Å². The molecule has 52 heavy (non-hydrogen) atoms. The van der Waals surface area contributed by atoms with E-state index >= 15 is 0 Å². The first kappa shape index (κ1) is 34.2. The number of aryl methyl sites for hydroxylation is 1. The molecule has 7 aromatic carbocycles. The number of anilines is 3.